The normalized spacial score (nSPS) is 13.0. The SMILES string of the molecule is C=CCOC(=C)/C(F)=C(/F)C(=C)C(=C)/C=C\C(=C)C(=C)/C=C(/F)C(=C)/C(C)=C/CC(C)C. The van der Waals surface area contributed by atoms with Gasteiger partial charge in [0, 0.05) is 11.1 Å². The molecule has 0 rings (SSSR count). The minimum Gasteiger partial charge on any atom is -0.487 e. The number of halogens is 3. The van der Waals surface area contributed by atoms with Gasteiger partial charge >= 0.3 is 0 Å². The van der Waals surface area contributed by atoms with Crippen LogP contribution in [0.15, 0.2) is 133 Å². The molecule has 0 radical (unpaired) electrons. The highest BCUT2D eigenvalue weighted by Gasteiger charge is 2.15. The Labute approximate surface area is 191 Å². The summed E-state index contributed by atoms with van der Waals surface area (Å²) in [5.41, 5.74) is 1.46. The van der Waals surface area contributed by atoms with Crippen molar-refractivity contribution in [1.82, 2.24) is 0 Å². The maximum absolute atomic E-state index is 14.5. The summed E-state index contributed by atoms with van der Waals surface area (Å²) in [6.07, 6.45) is 8.19. The highest BCUT2D eigenvalue weighted by molar-refractivity contribution is 5.53. The molecular formula is C28H33F3O. The van der Waals surface area contributed by atoms with E-state index >= 15 is 0 Å². The van der Waals surface area contributed by atoms with Gasteiger partial charge in [0.25, 0.3) is 0 Å². The third-order valence-corrected chi connectivity index (χ3v) is 4.32. The van der Waals surface area contributed by atoms with Crippen LogP contribution in [0.5, 0.6) is 0 Å². The maximum Gasteiger partial charge on any atom is 0.200 e. The van der Waals surface area contributed by atoms with Gasteiger partial charge in [-0.15, -0.1) is 0 Å². The predicted molar refractivity (Wildman–Crippen MR) is 132 cm³/mol. The molecular weight excluding hydrogens is 409 g/mol. The topological polar surface area (TPSA) is 9.23 Å². The van der Waals surface area contributed by atoms with Crippen molar-refractivity contribution in [3.8, 4) is 0 Å². The van der Waals surface area contributed by atoms with Gasteiger partial charge in [0.05, 0.1) is 0 Å². The van der Waals surface area contributed by atoms with Crippen LogP contribution in [0.4, 0.5) is 13.2 Å². The van der Waals surface area contributed by atoms with Crippen molar-refractivity contribution >= 4 is 0 Å². The Balaban J connectivity index is 5.25. The zero-order valence-corrected chi connectivity index (χ0v) is 19.4. The number of hydrogen-bond donors (Lipinski definition) is 0. The Morgan fingerprint density at radius 1 is 0.844 bits per heavy atom. The molecule has 0 bridgehead atoms. The fourth-order valence-electron chi connectivity index (χ4n) is 2.08. The zero-order valence-electron chi connectivity index (χ0n) is 19.4. The first-order chi connectivity index (χ1) is 14.8. The molecule has 0 aromatic heterocycles. The monoisotopic (exact) mass is 442 g/mol. The standard InChI is InChI=1S/C28H33F3O/c1-11-16-32-25(10)28(31)27(30)24(9)21(6)15-14-19(4)22(7)17-26(29)23(8)20(5)13-12-18(2)3/h11,13-15,17-18H,1,4,6-10,12,16H2,2-3,5H3/b15-14-,20-13+,26-17+,28-27-. The van der Waals surface area contributed by atoms with Crippen LogP contribution in [0.25, 0.3) is 0 Å². The van der Waals surface area contributed by atoms with Gasteiger partial charge in [-0.2, -0.15) is 4.39 Å². The Morgan fingerprint density at radius 2 is 1.41 bits per heavy atom. The summed E-state index contributed by atoms with van der Waals surface area (Å²) in [5, 5.41) is 0. The first-order valence-electron chi connectivity index (χ1n) is 10.00. The van der Waals surface area contributed by atoms with Crippen molar-refractivity contribution in [2.75, 3.05) is 6.61 Å². The van der Waals surface area contributed by atoms with Crippen molar-refractivity contribution in [3.05, 3.63) is 133 Å². The molecule has 172 valence electrons. The van der Waals surface area contributed by atoms with Gasteiger partial charge in [0.2, 0.25) is 5.83 Å². The summed E-state index contributed by atoms with van der Waals surface area (Å²) >= 11 is 0. The van der Waals surface area contributed by atoms with Crippen molar-refractivity contribution in [2.45, 2.75) is 27.2 Å². The highest BCUT2D eigenvalue weighted by atomic mass is 19.2. The van der Waals surface area contributed by atoms with Gasteiger partial charge in [-0.3, -0.25) is 0 Å². The molecule has 32 heavy (non-hydrogen) atoms. The lowest BCUT2D eigenvalue weighted by molar-refractivity contribution is 0.241. The average molecular weight is 443 g/mol. The smallest absolute Gasteiger partial charge is 0.200 e. The van der Waals surface area contributed by atoms with Crippen LogP contribution in [0, 0.1) is 5.92 Å². The van der Waals surface area contributed by atoms with E-state index < -0.39 is 23.2 Å². The third kappa shape index (κ3) is 9.69. The largest absolute Gasteiger partial charge is 0.487 e. The Bertz CT molecular complexity index is 934. The molecule has 0 saturated carbocycles. The Hall–Kier alpha value is -3.27. The van der Waals surface area contributed by atoms with Crippen molar-refractivity contribution in [1.29, 1.82) is 0 Å². The number of allylic oxidation sites excluding steroid dienone is 13. The highest BCUT2D eigenvalue weighted by Crippen LogP contribution is 2.28. The van der Waals surface area contributed by atoms with Crippen molar-refractivity contribution < 1.29 is 17.9 Å². The van der Waals surface area contributed by atoms with E-state index in [0.717, 1.165) is 12.0 Å². The quantitative estimate of drug-likeness (QED) is 0.148. The minimum absolute atomic E-state index is 0.0155. The summed E-state index contributed by atoms with van der Waals surface area (Å²) in [7, 11) is 0. The van der Waals surface area contributed by atoms with E-state index in [1.54, 1.807) is 6.92 Å². The molecule has 0 N–H and O–H groups in total. The Kier molecular flexibility index (Phi) is 12.5. The predicted octanol–water partition coefficient (Wildman–Crippen LogP) is 9.04. The summed E-state index contributed by atoms with van der Waals surface area (Å²) in [6, 6.07) is 0. The van der Waals surface area contributed by atoms with E-state index in [0.29, 0.717) is 17.1 Å². The molecule has 0 aliphatic heterocycles. The van der Waals surface area contributed by atoms with Gasteiger partial charge in [0.1, 0.15) is 12.4 Å². The molecule has 1 nitrogen and oxygen atoms in total. The first kappa shape index (κ1) is 28.7. The van der Waals surface area contributed by atoms with E-state index in [-0.39, 0.29) is 23.3 Å². The second-order valence-corrected chi connectivity index (χ2v) is 7.53. The summed E-state index contributed by atoms with van der Waals surface area (Å²) in [4.78, 5) is 0. The van der Waals surface area contributed by atoms with Crippen LogP contribution >= 0.6 is 0 Å². The molecule has 0 spiro atoms. The molecule has 0 saturated heterocycles. The van der Waals surface area contributed by atoms with Crippen molar-refractivity contribution in [2.24, 2.45) is 5.92 Å². The van der Waals surface area contributed by atoms with E-state index in [2.05, 4.69) is 59.9 Å². The van der Waals surface area contributed by atoms with Crippen LogP contribution in [0.1, 0.15) is 27.2 Å². The van der Waals surface area contributed by atoms with Crippen LogP contribution in [0.2, 0.25) is 0 Å². The number of hydrogen-bond acceptors (Lipinski definition) is 1. The molecule has 0 heterocycles. The number of ether oxygens (including phenoxy) is 1. The molecule has 4 heteroatoms. The van der Waals surface area contributed by atoms with Crippen LogP contribution in [0.3, 0.4) is 0 Å². The summed E-state index contributed by atoms with van der Waals surface area (Å²) in [5.74, 6) is -3.07. The Morgan fingerprint density at radius 3 is 1.94 bits per heavy atom. The first-order valence-corrected chi connectivity index (χ1v) is 10.00. The maximum atomic E-state index is 14.5. The molecule has 0 unspecified atom stereocenters. The average Bonchev–Trinajstić information content (AvgIpc) is 2.76. The van der Waals surface area contributed by atoms with Crippen LogP contribution in [-0.2, 0) is 4.74 Å². The lowest BCUT2D eigenvalue weighted by Gasteiger charge is -2.09. The molecule has 0 aromatic carbocycles. The van der Waals surface area contributed by atoms with E-state index in [1.807, 2.05) is 6.08 Å². The van der Waals surface area contributed by atoms with Gasteiger partial charge < -0.3 is 4.74 Å². The minimum atomic E-state index is -1.28. The van der Waals surface area contributed by atoms with Gasteiger partial charge in [-0.1, -0.05) is 84.2 Å². The van der Waals surface area contributed by atoms with E-state index in [1.165, 1.54) is 24.3 Å². The fraction of sp³-hybridized carbons (Fsp3) is 0.214. The second kappa shape index (κ2) is 13.9. The second-order valence-electron chi connectivity index (χ2n) is 7.53. The van der Waals surface area contributed by atoms with E-state index in [9.17, 15) is 13.2 Å². The van der Waals surface area contributed by atoms with Gasteiger partial charge in [-0.25, -0.2) is 8.78 Å². The molecule has 0 amide bonds. The van der Waals surface area contributed by atoms with E-state index in [4.69, 9.17) is 4.74 Å². The molecule has 0 aromatic rings. The van der Waals surface area contributed by atoms with Gasteiger partial charge in [0.15, 0.2) is 11.6 Å². The third-order valence-electron chi connectivity index (χ3n) is 4.32. The molecule has 0 aliphatic carbocycles. The summed E-state index contributed by atoms with van der Waals surface area (Å²) in [6.45, 7) is 31.2. The molecule has 0 atom stereocenters. The van der Waals surface area contributed by atoms with Crippen molar-refractivity contribution in [3.63, 3.8) is 0 Å². The lowest BCUT2D eigenvalue weighted by atomic mass is 10.0. The lowest BCUT2D eigenvalue weighted by Crippen LogP contribution is -1.96. The fourth-order valence-corrected chi connectivity index (χ4v) is 2.08. The summed E-state index contributed by atoms with van der Waals surface area (Å²) < 4.78 is 47.7. The number of rotatable bonds is 14. The zero-order chi connectivity index (χ0) is 25.0. The molecule has 0 fully saturated rings. The van der Waals surface area contributed by atoms with Crippen LogP contribution in [-0.4, -0.2) is 6.61 Å². The molecule has 0 aliphatic rings. The van der Waals surface area contributed by atoms with Gasteiger partial charge in [-0.05, 0) is 47.6 Å². The van der Waals surface area contributed by atoms with Crippen LogP contribution < -0.4 is 0 Å².